The third-order valence-corrected chi connectivity index (χ3v) is 4.69. The first kappa shape index (κ1) is 17.0. The molecule has 0 bridgehead atoms. The summed E-state index contributed by atoms with van der Waals surface area (Å²) in [5.74, 6) is 0.931. The largest absolute Gasteiger partial charge is 0.341 e. The standard InChI is InChI=1S/C18H29N3O/c1-13-10-21(12-16-8-6-5-7-9-16)11-14(2)17(13)20(4)18(22)15(3)19/h5-9,13-15,17H,10-12,19H2,1-4H3. The smallest absolute Gasteiger partial charge is 0.239 e. The van der Waals surface area contributed by atoms with E-state index in [-0.39, 0.29) is 11.9 Å². The summed E-state index contributed by atoms with van der Waals surface area (Å²) in [6.45, 7) is 9.25. The lowest BCUT2D eigenvalue weighted by Gasteiger charge is -2.45. The first-order valence-electron chi connectivity index (χ1n) is 8.18. The molecule has 3 atom stereocenters. The van der Waals surface area contributed by atoms with Crippen LogP contribution in [0.15, 0.2) is 30.3 Å². The van der Waals surface area contributed by atoms with E-state index in [4.69, 9.17) is 5.73 Å². The molecule has 1 amide bonds. The molecule has 1 aliphatic heterocycles. The molecule has 1 aromatic carbocycles. The molecule has 0 aromatic heterocycles. The number of benzene rings is 1. The highest BCUT2D eigenvalue weighted by molar-refractivity contribution is 5.81. The Kier molecular flexibility index (Phi) is 5.59. The zero-order chi connectivity index (χ0) is 16.3. The number of hydrogen-bond donors (Lipinski definition) is 1. The molecule has 22 heavy (non-hydrogen) atoms. The van der Waals surface area contributed by atoms with Crippen molar-refractivity contribution in [1.29, 1.82) is 0 Å². The van der Waals surface area contributed by atoms with E-state index in [9.17, 15) is 4.79 Å². The Morgan fingerprint density at radius 2 is 1.82 bits per heavy atom. The van der Waals surface area contributed by atoms with E-state index in [2.05, 4.69) is 49.1 Å². The summed E-state index contributed by atoms with van der Waals surface area (Å²) < 4.78 is 0. The van der Waals surface area contributed by atoms with Gasteiger partial charge in [-0.25, -0.2) is 0 Å². The average Bonchev–Trinajstić information content (AvgIpc) is 2.46. The molecule has 0 spiro atoms. The number of hydrogen-bond acceptors (Lipinski definition) is 3. The number of likely N-dealkylation sites (tertiary alicyclic amines) is 1. The van der Waals surface area contributed by atoms with E-state index >= 15 is 0 Å². The molecule has 1 heterocycles. The highest BCUT2D eigenvalue weighted by Gasteiger charge is 2.36. The lowest BCUT2D eigenvalue weighted by atomic mass is 9.84. The van der Waals surface area contributed by atoms with E-state index in [0.29, 0.717) is 11.8 Å². The fourth-order valence-electron chi connectivity index (χ4n) is 3.87. The molecule has 3 unspecified atom stereocenters. The van der Waals surface area contributed by atoms with E-state index in [1.165, 1.54) is 5.56 Å². The third kappa shape index (κ3) is 3.87. The minimum absolute atomic E-state index is 0.0419. The molecule has 122 valence electrons. The van der Waals surface area contributed by atoms with Gasteiger partial charge in [-0.2, -0.15) is 0 Å². The van der Waals surface area contributed by atoms with E-state index in [0.717, 1.165) is 19.6 Å². The van der Waals surface area contributed by atoms with Crippen molar-refractivity contribution >= 4 is 5.91 Å². The molecule has 1 fully saturated rings. The summed E-state index contributed by atoms with van der Waals surface area (Å²) >= 11 is 0. The summed E-state index contributed by atoms with van der Waals surface area (Å²) in [5.41, 5.74) is 7.11. The molecule has 1 saturated heterocycles. The fourth-order valence-corrected chi connectivity index (χ4v) is 3.87. The predicted molar refractivity (Wildman–Crippen MR) is 90.3 cm³/mol. The molecule has 1 aliphatic rings. The highest BCUT2D eigenvalue weighted by atomic mass is 16.2. The summed E-state index contributed by atoms with van der Waals surface area (Å²) in [7, 11) is 1.90. The maximum Gasteiger partial charge on any atom is 0.239 e. The number of likely N-dealkylation sites (N-methyl/N-ethyl adjacent to an activating group) is 1. The van der Waals surface area contributed by atoms with Gasteiger partial charge in [-0.1, -0.05) is 44.2 Å². The van der Waals surface area contributed by atoms with Crippen LogP contribution in [0.25, 0.3) is 0 Å². The third-order valence-electron chi connectivity index (χ3n) is 4.69. The van der Waals surface area contributed by atoms with Crippen LogP contribution in [0, 0.1) is 11.8 Å². The fraction of sp³-hybridized carbons (Fsp3) is 0.611. The molecule has 4 heteroatoms. The maximum atomic E-state index is 12.2. The molecule has 4 nitrogen and oxygen atoms in total. The summed E-state index contributed by atoms with van der Waals surface area (Å²) in [4.78, 5) is 16.6. The number of carbonyl (C=O) groups is 1. The van der Waals surface area contributed by atoms with Crippen molar-refractivity contribution in [3.63, 3.8) is 0 Å². The van der Waals surface area contributed by atoms with Crippen LogP contribution in [0.2, 0.25) is 0 Å². The van der Waals surface area contributed by atoms with Crippen LogP contribution in [0.3, 0.4) is 0 Å². The Morgan fingerprint density at radius 3 is 2.32 bits per heavy atom. The van der Waals surface area contributed by atoms with Gasteiger partial charge in [-0.05, 0) is 24.3 Å². The molecular formula is C18H29N3O. The first-order valence-corrected chi connectivity index (χ1v) is 8.18. The molecule has 2 N–H and O–H groups in total. The van der Waals surface area contributed by atoms with Gasteiger partial charge in [0.2, 0.25) is 5.91 Å². The van der Waals surface area contributed by atoms with Crippen molar-refractivity contribution in [3.05, 3.63) is 35.9 Å². The van der Waals surface area contributed by atoms with Crippen molar-refractivity contribution in [3.8, 4) is 0 Å². The van der Waals surface area contributed by atoms with Gasteiger partial charge in [0.1, 0.15) is 0 Å². The van der Waals surface area contributed by atoms with Gasteiger partial charge in [-0.3, -0.25) is 9.69 Å². The first-order chi connectivity index (χ1) is 10.4. The monoisotopic (exact) mass is 303 g/mol. The van der Waals surface area contributed by atoms with Crippen molar-refractivity contribution in [2.75, 3.05) is 20.1 Å². The van der Waals surface area contributed by atoms with E-state index in [1.807, 2.05) is 11.9 Å². The minimum atomic E-state index is -0.424. The van der Waals surface area contributed by atoms with Crippen molar-refractivity contribution in [2.45, 2.75) is 39.4 Å². The molecule has 2 rings (SSSR count). The molecule has 0 saturated carbocycles. The summed E-state index contributed by atoms with van der Waals surface area (Å²) in [5, 5.41) is 0. The second kappa shape index (κ2) is 7.25. The normalized spacial score (nSPS) is 27.4. The number of carbonyl (C=O) groups excluding carboxylic acids is 1. The minimum Gasteiger partial charge on any atom is -0.341 e. The van der Waals surface area contributed by atoms with Crippen LogP contribution in [0.4, 0.5) is 0 Å². The Hall–Kier alpha value is -1.39. The highest BCUT2D eigenvalue weighted by Crippen LogP contribution is 2.27. The van der Waals surface area contributed by atoms with Gasteiger partial charge in [0, 0.05) is 32.7 Å². The van der Waals surface area contributed by atoms with Crippen LogP contribution in [-0.2, 0) is 11.3 Å². The van der Waals surface area contributed by atoms with Gasteiger partial charge in [0.05, 0.1) is 6.04 Å². The number of piperidine rings is 1. The lowest BCUT2D eigenvalue weighted by Crippen LogP contribution is -2.57. The maximum absolute atomic E-state index is 12.2. The average molecular weight is 303 g/mol. The topological polar surface area (TPSA) is 49.6 Å². The zero-order valence-electron chi connectivity index (χ0n) is 14.2. The molecule has 0 aliphatic carbocycles. The van der Waals surface area contributed by atoms with Gasteiger partial charge in [-0.15, -0.1) is 0 Å². The second-order valence-corrected chi connectivity index (χ2v) is 6.86. The quantitative estimate of drug-likeness (QED) is 0.925. The summed E-state index contributed by atoms with van der Waals surface area (Å²) in [6.07, 6.45) is 0. The van der Waals surface area contributed by atoms with Crippen LogP contribution in [-0.4, -0.2) is 47.9 Å². The molecular weight excluding hydrogens is 274 g/mol. The molecule has 0 radical (unpaired) electrons. The van der Waals surface area contributed by atoms with Crippen LogP contribution >= 0.6 is 0 Å². The number of rotatable bonds is 4. The van der Waals surface area contributed by atoms with Crippen LogP contribution in [0.5, 0.6) is 0 Å². The number of amides is 1. The van der Waals surface area contributed by atoms with Crippen molar-refractivity contribution in [1.82, 2.24) is 9.80 Å². The van der Waals surface area contributed by atoms with Crippen molar-refractivity contribution in [2.24, 2.45) is 17.6 Å². The number of nitrogens with two attached hydrogens (primary N) is 1. The van der Waals surface area contributed by atoms with Crippen molar-refractivity contribution < 1.29 is 4.79 Å². The van der Waals surface area contributed by atoms with Crippen LogP contribution < -0.4 is 5.73 Å². The Balaban J connectivity index is 2.01. The summed E-state index contributed by atoms with van der Waals surface area (Å²) in [6, 6.07) is 10.4. The zero-order valence-corrected chi connectivity index (χ0v) is 14.2. The number of nitrogens with zero attached hydrogens (tertiary/aromatic N) is 2. The Bertz CT molecular complexity index is 476. The van der Waals surface area contributed by atoms with Crippen LogP contribution in [0.1, 0.15) is 26.3 Å². The van der Waals surface area contributed by atoms with Gasteiger partial charge >= 0.3 is 0 Å². The predicted octanol–water partition coefficient (Wildman–Crippen LogP) is 1.95. The van der Waals surface area contributed by atoms with E-state index < -0.39 is 6.04 Å². The molecule has 1 aromatic rings. The SMILES string of the molecule is CC(N)C(=O)N(C)C1C(C)CN(Cc2ccccc2)CC1C. The second-order valence-electron chi connectivity index (χ2n) is 6.86. The van der Waals surface area contributed by atoms with Gasteiger partial charge in [0.15, 0.2) is 0 Å². The Labute approximate surface area is 134 Å². The van der Waals surface area contributed by atoms with Gasteiger partial charge < -0.3 is 10.6 Å². The van der Waals surface area contributed by atoms with Gasteiger partial charge in [0.25, 0.3) is 0 Å². The lowest BCUT2D eigenvalue weighted by molar-refractivity contribution is -0.136. The van der Waals surface area contributed by atoms with E-state index in [1.54, 1.807) is 6.92 Å². The Morgan fingerprint density at radius 1 is 1.27 bits per heavy atom.